The molecule has 0 atom stereocenters. The minimum Gasteiger partial charge on any atom is -0.508 e. The molecule has 0 unspecified atom stereocenters. The van der Waals surface area contributed by atoms with Crippen molar-refractivity contribution in [2.75, 3.05) is 0 Å². The van der Waals surface area contributed by atoms with Gasteiger partial charge in [-0.25, -0.2) is 0 Å². The lowest BCUT2D eigenvalue weighted by molar-refractivity contribution is 0.289. The lowest BCUT2D eigenvalue weighted by Crippen LogP contribution is -2.14. The number of phenolic OH excluding ortho intramolecular Hbond substituents is 3. The van der Waals surface area contributed by atoms with Gasteiger partial charge in [0.2, 0.25) is 11.2 Å². The van der Waals surface area contributed by atoms with Crippen molar-refractivity contribution in [2.45, 2.75) is 6.61 Å². The molecule has 0 spiro atoms. The maximum absolute atomic E-state index is 12.5. The number of phenols is 3. The van der Waals surface area contributed by atoms with Crippen LogP contribution in [-0.2, 0) is 6.61 Å². The quantitative estimate of drug-likeness (QED) is 0.589. The Morgan fingerprint density at radius 2 is 1.82 bits per heavy atom. The number of fused-ring (bicyclic) bond motifs is 4. The topological polar surface area (TPSA) is 100 Å². The van der Waals surface area contributed by atoms with Gasteiger partial charge in [0.1, 0.15) is 34.8 Å². The Kier molecular flexibility index (Phi) is 2.39. The fourth-order valence-electron chi connectivity index (χ4n) is 2.65. The van der Waals surface area contributed by atoms with Gasteiger partial charge in [-0.2, -0.15) is 0 Å². The van der Waals surface area contributed by atoms with Crippen molar-refractivity contribution < 1.29 is 24.5 Å². The van der Waals surface area contributed by atoms with E-state index < -0.39 is 5.43 Å². The molecule has 0 radical (unpaired) electrons. The predicted molar refractivity (Wildman–Crippen MR) is 77.2 cm³/mol. The van der Waals surface area contributed by atoms with Crippen molar-refractivity contribution in [1.82, 2.24) is 0 Å². The van der Waals surface area contributed by atoms with Crippen LogP contribution in [0.3, 0.4) is 0 Å². The van der Waals surface area contributed by atoms with E-state index >= 15 is 0 Å². The van der Waals surface area contributed by atoms with Crippen LogP contribution in [0.2, 0.25) is 0 Å². The normalized spacial score (nSPS) is 12.5. The van der Waals surface area contributed by atoms with E-state index in [0.29, 0.717) is 11.1 Å². The van der Waals surface area contributed by atoms with E-state index in [1.54, 1.807) is 6.07 Å². The van der Waals surface area contributed by atoms with Crippen LogP contribution in [0.1, 0.15) is 5.56 Å². The van der Waals surface area contributed by atoms with E-state index in [1.807, 2.05) is 0 Å². The molecule has 1 aromatic heterocycles. The smallest absolute Gasteiger partial charge is 0.239 e. The molecule has 6 heteroatoms. The maximum Gasteiger partial charge on any atom is 0.239 e. The summed E-state index contributed by atoms with van der Waals surface area (Å²) in [5.41, 5.74) is 0.860. The molecule has 0 aliphatic carbocycles. The first kappa shape index (κ1) is 12.6. The number of hydrogen-bond donors (Lipinski definition) is 3. The zero-order valence-electron chi connectivity index (χ0n) is 11.2. The van der Waals surface area contributed by atoms with Gasteiger partial charge in [0.15, 0.2) is 5.76 Å². The van der Waals surface area contributed by atoms with Gasteiger partial charge < -0.3 is 24.5 Å². The third kappa shape index (κ3) is 1.64. The van der Waals surface area contributed by atoms with Crippen LogP contribution in [0.25, 0.3) is 22.3 Å². The SMILES string of the molecule is O=c1c2c(oc3cc(O)cc(O)c13)-c1ccc(O)cc1CO2. The minimum absolute atomic E-state index is 0.00618. The average Bonchev–Trinajstić information content (AvgIpc) is 2.45. The molecule has 0 amide bonds. The van der Waals surface area contributed by atoms with Crippen LogP contribution >= 0.6 is 0 Å². The summed E-state index contributed by atoms with van der Waals surface area (Å²) in [7, 11) is 0. The monoisotopic (exact) mass is 298 g/mol. The average molecular weight is 298 g/mol. The van der Waals surface area contributed by atoms with Crippen molar-refractivity contribution in [2.24, 2.45) is 0 Å². The van der Waals surface area contributed by atoms with Crippen LogP contribution in [-0.4, -0.2) is 15.3 Å². The highest BCUT2D eigenvalue weighted by atomic mass is 16.5. The highest BCUT2D eigenvalue weighted by Gasteiger charge is 2.26. The number of ether oxygens (including phenoxy) is 1. The largest absolute Gasteiger partial charge is 0.508 e. The Bertz CT molecular complexity index is 986. The van der Waals surface area contributed by atoms with E-state index in [4.69, 9.17) is 9.15 Å². The number of benzene rings is 2. The molecular formula is C16H10O6. The Labute approximate surface area is 123 Å². The molecule has 1 aliphatic rings. The van der Waals surface area contributed by atoms with Gasteiger partial charge in [0.05, 0.1) is 0 Å². The summed E-state index contributed by atoms with van der Waals surface area (Å²) in [6.45, 7) is 0.117. The van der Waals surface area contributed by atoms with Gasteiger partial charge in [-0.05, 0) is 18.2 Å². The fraction of sp³-hybridized carbons (Fsp3) is 0.0625. The molecule has 3 aromatic rings. The molecule has 2 aromatic carbocycles. The maximum atomic E-state index is 12.5. The molecule has 2 heterocycles. The molecule has 0 saturated carbocycles. The summed E-state index contributed by atoms with van der Waals surface area (Å²) in [5.74, 6) is -0.276. The molecule has 1 aliphatic heterocycles. The number of aromatic hydroxyl groups is 3. The van der Waals surface area contributed by atoms with Gasteiger partial charge in [-0.15, -0.1) is 0 Å². The van der Waals surface area contributed by atoms with Gasteiger partial charge in [-0.3, -0.25) is 4.79 Å². The van der Waals surface area contributed by atoms with E-state index in [-0.39, 0.29) is 46.3 Å². The molecule has 22 heavy (non-hydrogen) atoms. The molecule has 110 valence electrons. The molecular weight excluding hydrogens is 288 g/mol. The number of hydrogen-bond acceptors (Lipinski definition) is 6. The van der Waals surface area contributed by atoms with Crippen molar-refractivity contribution in [3.63, 3.8) is 0 Å². The van der Waals surface area contributed by atoms with Crippen molar-refractivity contribution in [3.05, 3.63) is 46.1 Å². The van der Waals surface area contributed by atoms with Crippen LogP contribution < -0.4 is 10.2 Å². The van der Waals surface area contributed by atoms with E-state index in [0.717, 1.165) is 6.07 Å². The molecule has 0 bridgehead atoms. The Hall–Kier alpha value is -3.15. The summed E-state index contributed by atoms with van der Waals surface area (Å²) < 4.78 is 11.1. The molecule has 3 N–H and O–H groups in total. The van der Waals surface area contributed by atoms with Crippen LogP contribution in [0.4, 0.5) is 0 Å². The van der Waals surface area contributed by atoms with Crippen LogP contribution in [0.15, 0.2) is 39.5 Å². The molecule has 6 nitrogen and oxygen atoms in total. The Morgan fingerprint density at radius 1 is 1.00 bits per heavy atom. The standard InChI is InChI=1S/C16H10O6/c17-8-1-2-10-7(3-8)6-21-16-14(20)13-11(19)4-9(18)5-12(13)22-15(10)16/h1-5,17-19H,6H2. The first-order valence-corrected chi connectivity index (χ1v) is 6.52. The Balaban J connectivity index is 2.12. The van der Waals surface area contributed by atoms with Crippen molar-refractivity contribution in [3.8, 4) is 34.3 Å². The van der Waals surface area contributed by atoms with E-state index in [2.05, 4.69) is 0 Å². The predicted octanol–water partition coefficient (Wildman–Crippen LogP) is 2.47. The second kappa shape index (κ2) is 4.17. The highest BCUT2D eigenvalue weighted by molar-refractivity contribution is 5.88. The molecule has 4 rings (SSSR count). The minimum atomic E-state index is -0.507. The first-order chi connectivity index (χ1) is 10.5. The lowest BCUT2D eigenvalue weighted by Gasteiger charge is -2.19. The number of rotatable bonds is 0. The summed E-state index contributed by atoms with van der Waals surface area (Å²) in [6.07, 6.45) is 0. The zero-order chi connectivity index (χ0) is 15.4. The third-order valence-corrected chi connectivity index (χ3v) is 3.62. The molecule has 0 saturated heterocycles. The van der Waals surface area contributed by atoms with Gasteiger partial charge in [0.25, 0.3) is 0 Å². The first-order valence-electron chi connectivity index (χ1n) is 6.52. The summed E-state index contributed by atoms with van der Waals surface area (Å²) in [6, 6.07) is 6.97. The van der Waals surface area contributed by atoms with Crippen molar-refractivity contribution >= 4 is 11.0 Å². The summed E-state index contributed by atoms with van der Waals surface area (Å²) >= 11 is 0. The van der Waals surface area contributed by atoms with Gasteiger partial charge in [-0.1, -0.05) is 0 Å². The second-order valence-corrected chi connectivity index (χ2v) is 5.06. The van der Waals surface area contributed by atoms with E-state index in [9.17, 15) is 20.1 Å². The summed E-state index contributed by atoms with van der Waals surface area (Å²) in [5, 5.41) is 28.9. The fourth-order valence-corrected chi connectivity index (χ4v) is 2.65. The van der Waals surface area contributed by atoms with Gasteiger partial charge in [0, 0.05) is 23.3 Å². The summed E-state index contributed by atoms with van der Waals surface area (Å²) in [4.78, 5) is 12.5. The van der Waals surface area contributed by atoms with Crippen LogP contribution in [0.5, 0.6) is 23.0 Å². The molecule has 0 fully saturated rings. The van der Waals surface area contributed by atoms with E-state index in [1.165, 1.54) is 18.2 Å². The second-order valence-electron chi connectivity index (χ2n) is 5.06. The van der Waals surface area contributed by atoms with Crippen molar-refractivity contribution in [1.29, 1.82) is 0 Å². The third-order valence-electron chi connectivity index (χ3n) is 3.62. The Morgan fingerprint density at radius 3 is 2.64 bits per heavy atom. The zero-order valence-corrected chi connectivity index (χ0v) is 11.2. The highest BCUT2D eigenvalue weighted by Crippen LogP contribution is 2.40. The van der Waals surface area contributed by atoms with Crippen LogP contribution in [0, 0.1) is 0 Å². The van der Waals surface area contributed by atoms with Gasteiger partial charge >= 0.3 is 0 Å². The lowest BCUT2D eigenvalue weighted by atomic mass is 10.0.